The Morgan fingerprint density at radius 3 is 2.58 bits per heavy atom. The molecule has 0 radical (unpaired) electrons. The molecule has 2 N–H and O–H groups in total. The van der Waals surface area contributed by atoms with Gasteiger partial charge in [0.15, 0.2) is 0 Å². The van der Waals surface area contributed by atoms with Crippen molar-refractivity contribution in [3.05, 3.63) is 30.1 Å². The van der Waals surface area contributed by atoms with Gasteiger partial charge in [0.1, 0.15) is 6.04 Å². The van der Waals surface area contributed by atoms with Crippen LogP contribution in [0.4, 0.5) is 0 Å². The molecule has 0 bridgehead atoms. The molecule has 1 heterocycles. The zero-order chi connectivity index (χ0) is 14.5. The van der Waals surface area contributed by atoms with E-state index >= 15 is 0 Å². The van der Waals surface area contributed by atoms with Gasteiger partial charge in [0.2, 0.25) is 15.9 Å². The minimum absolute atomic E-state index is 0.136. The van der Waals surface area contributed by atoms with Crippen LogP contribution in [0.1, 0.15) is 19.4 Å². The summed E-state index contributed by atoms with van der Waals surface area (Å²) in [7, 11) is -3.42. The standard InChI is InChI=1S/C12H19N3O3S/c1-9(2)11(15-19(3,17)18)12(16)14-8-10-5-4-6-13-7-10/h4-7,9,11,15H,8H2,1-3H3,(H,14,16)/t11-/m0/s1. The van der Waals surface area contributed by atoms with Crippen LogP contribution < -0.4 is 10.0 Å². The average molecular weight is 285 g/mol. The molecular weight excluding hydrogens is 266 g/mol. The summed E-state index contributed by atoms with van der Waals surface area (Å²) in [5.74, 6) is -0.479. The van der Waals surface area contributed by atoms with Crippen molar-refractivity contribution >= 4 is 15.9 Å². The van der Waals surface area contributed by atoms with E-state index in [1.165, 1.54) is 0 Å². The van der Waals surface area contributed by atoms with E-state index in [0.717, 1.165) is 11.8 Å². The molecule has 0 aliphatic rings. The molecule has 1 aromatic heterocycles. The van der Waals surface area contributed by atoms with Crippen LogP contribution in [0.5, 0.6) is 0 Å². The van der Waals surface area contributed by atoms with E-state index in [0.29, 0.717) is 6.54 Å². The monoisotopic (exact) mass is 285 g/mol. The minimum Gasteiger partial charge on any atom is -0.351 e. The van der Waals surface area contributed by atoms with Gasteiger partial charge in [0.05, 0.1) is 6.26 Å². The molecule has 0 fully saturated rings. The first-order chi connectivity index (χ1) is 8.79. The van der Waals surface area contributed by atoms with E-state index in [2.05, 4.69) is 15.0 Å². The number of amides is 1. The Morgan fingerprint density at radius 2 is 2.11 bits per heavy atom. The third-order valence-electron chi connectivity index (χ3n) is 2.48. The number of hydrogen-bond donors (Lipinski definition) is 2. The summed E-state index contributed by atoms with van der Waals surface area (Å²) in [6, 6.07) is 2.84. The number of rotatable bonds is 6. The second-order valence-corrected chi connectivity index (χ2v) is 6.47. The zero-order valence-electron chi connectivity index (χ0n) is 11.3. The maximum atomic E-state index is 12.0. The number of nitrogens with one attached hydrogen (secondary N) is 2. The highest BCUT2D eigenvalue weighted by Crippen LogP contribution is 2.04. The molecular formula is C12H19N3O3S. The maximum absolute atomic E-state index is 12.0. The first kappa shape index (κ1) is 15.6. The van der Waals surface area contributed by atoms with Gasteiger partial charge in [-0.25, -0.2) is 13.1 Å². The van der Waals surface area contributed by atoms with Crippen LogP contribution in [0.3, 0.4) is 0 Å². The lowest BCUT2D eigenvalue weighted by atomic mass is 10.0. The molecule has 1 aromatic rings. The fourth-order valence-corrected chi connectivity index (χ4v) is 2.37. The van der Waals surface area contributed by atoms with E-state index in [9.17, 15) is 13.2 Å². The van der Waals surface area contributed by atoms with Crippen molar-refractivity contribution in [2.45, 2.75) is 26.4 Å². The molecule has 0 aliphatic carbocycles. The Bertz CT molecular complexity index is 514. The lowest BCUT2D eigenvalue weighted by Gasteiger charge is -2.20. The van der Waals surface area contributed by atoms with Crippen LogP contribution in [0.2, 0.25) is 0 Å². The summed E-state index contributed by atoms with van der Waals surface area (Å²) >= 11 is 0. The minimum atomic E-state index is -3.42. The van der Waals surface area contributed by atoms with Gasteiger partial charge in [-0.1, -0.05) is 19.9 Å². The van der Waals surface area contributed by atoms with Crippen LogP contribution >= 0.6 is 0 Å². The van der Waals surface area contributed by atoms with Crippen molar-refractivity contribution in [2.24, 2.45) is 5.92 Å². The number of nitrogens with zero attached hydrogens (tertiary/aromatic N) is 1. The van der Waals surface area contributed by atoms with E-state index < -0.39 is 16.1 Å². The van der Waals surface area contributed by atoms with E-state index in [4.69, 9.17) is 0 Å². The predicted octanol–water partition coefficient (Wildman–Crippen LogP) is 0.272. The molecule has 19 heavy (non-hydrogen) atoms. The predicted molar refractivity (Wildman–Crippen MR) is 72.7 cm³/mol. The van der Waals surface area contributed by atoms with Crippen LogP contribution in [-0.2, 0) is 21.4 Å². The second kappa shape index (κ2) is 6.63. The maximum Gasteiger partial charge on any atom is 0.238 e. The fraction of sp³-hybridized carbons (Fsp3) is 0.500. The smallest absolute Gasteiger partial charge is 0.238 e. The summed E-state index contributed by atoms with van der Waals surface area (Å²) in [4.78, 5) is 15.9. The second-order valence-electron chi connectivity index (χ2n) is 4.69. The Hall–Kier alpha value is -1.47. The first-order valence-corrected chi connectivity index (χ1v) is 7.82. The van der Waals surface area contributed by atoms with Gasteiger partial charge < -0.3 is 5.32 Å². The van der Waals surface area contributed by atoms with Gasteiger partial charge in [-0.2, -0.15) is 0 Å². The molecule has 7 heteroatoms. The van der Waals surface area contributed by atoms with Crippen molar-refractivity contribution in [3.63, 3.8) is 0 Å². The van der Waals surface area contributed by atoms with Gasteiger partial charge in [0, 0.05) is 18.9 Å². The van der Waals surface area contributed by atoms with Crippen LogP contribution in [0.15, 0.2) is 24.5 Å². The number of hydrogen-bond acceptors (Lipinski definition) is 4. The Labute approximate surface area is 113 Å². The largest absolute Gasteiger partial charge is 0.351 e. The van der Waals surface area contributed by atoms with Gasteiger partial charge in [-0.15, -0.1) is 0 Å². The topological polar surface area (TPSA) is 88.2 Å². The van der Waals surface area contributed by atoms with Gasteiger partial charge >= 0.3 is 0 Å². The SMILES string of the molecule is CC(C)[C@H](NS(C)(=O)=O)C(=O)NCc1cccnc1. The number of aromatic nitrogens is 1. The van der Waals surface area contributed by atoms with E-state index in [1.54, 1.807) is 32.3 Å². The molecule has 0 saturated heterocycles. The van der Waals surface area contributed by atoms with Crippen molar-refractivity contribution in [1.82, 2.24) is 15.0 Å². The molecule has 0 aromatic carbocycles. The van der Waals surface area contributed by atoms with Gasteiger partial charge in [0.25, 0.3) is 0 Å². The van der Waals surface area contributed by atoms with Crippen LogP contribution in [0.25, 0.3) is 0 Å². The van der Waals surface area contributed by atoms with Crippen LogP contribution in [0, 0.1) is 5.92 Å². The molecule has 6 nitrogen and oxygen atoms in total. The van der Waals surface area contributed by atoms with E-state index in [-0.39, 0.29) is 11.8 Å². The molecule has 0 aliphatic heterocycles. The number of carbonyl (C=O) groups excluding carboxylic acids is 1. The molecule has 1 atom stereocenters. The van der Waals surface area contributed by atoms with Gasteiger partial charge in [-0.3, -0.25) is 9.78 Å². The number of sulfonamides is 1. The van der Waals surface area contributed by atoms with Crippen LogP contribution in [-0.4, -0.2) is 31.6 Å². The molecule has 1 amide bonds. The summed E-state index contributed by atoms with van der Waals surface area (Å²) < 4.78 is 24.8. The average Bonchev–Trinajstić information content (AvgIpc) is 2.33. The van der Waals surface area contributed by atoms with Gasteiger partial charge in [-0.05, 0) is 17.5 Å². The van der Waals surface area contributed by atoms with Crippen molar-refractivity contribution in [1.29, 1.82) is 0 Å². The molecule has 1 rings (SSSR count). The molecule has 0 saturated carbocycles. The van der Waals surface area contributed by atoms with Crippen molar-refractivity contribution < 1.29 is 13.2 Å². The quantitative estimate of drug-likeness (QED) is 0.785. The third-order valence-corrected chi connectivity index (χ3v) is 3.16. The molecule has 0 unspecified atom stereocenters. The highest BCUT2D eigenvalue weighted by Gasteiger charge is 2.24. The third kappa shape index (κ3) is 5.80. The molecule has 0 spiro atoms. The van der Waals surface area contributed by atoms with Crippen molar-refractivity contribution in [2.75, 3.05) is 6.26 Å². The first-order valence-electron chi connectivity index (χ1n) is 5.93. The van der Waals surface area contributed by atoms with Crippen molar-refractivity contribution in [3.8, 4) is 0 Å². The van der Waals surface area contributed by atoms with E-state index in [1.807, 2.05) is 6.07 Å². The lowest BCUT2D eigenvalue weighted by molar-refractivity contribution is -0.123. The summed E-state index contributed by atoms with van der Waals surface area (Å²) in [6.45, 7) is 3.89. The highest BCUT2D eigenvalue weighted by molar-refractivity contribution is 7.88. The Kier molecular flexibility index (Phi) is 5.44. The fourth-order valence-electron chi connectivity index (χ4n) is 1.52. The zero-order valence-corrected chi connectivity index (χ0v) is 12.1. The highest BCUT2D eigenvalue weighted by atomic mass is 32.2. The normalized spacial score (nSPS) is 13.3. The number of pyridine rings is 1. The Morgan fingerprint density at radius 1 is 1.42 bits per heavy atom. The lowest BCUT2D eigenvalue weighted by Crippen LogP contribution is -2.49. The summed E-state index contributed by atoms with van der Waals surface area (Å²) in [5, 5.41) is 2.70. The summed E-state index contributed by atoms with van der Waals surface area (Å²) in [6.07, 6.45) is 4.33. The summed E-state index contributed by atoms with van der Waals surface area (Å²) in [5.41, 5.74) is 0.859. The Balaban J connectivity index is 2.63. The number of carbonyl (C=O) groups is 1. The molecule has 106 valence electrons.